The lowest BCUT2D eigenvalue weighted by Gasteiger charge is -2.16. The zero-order chi connectivity index (χ0) is 13.0. The predicted octanol–water partition coefficient (Wildman–Crippen LogP) is 1.80. The number of nitriles is 1. The van der Waals surface area contributed by atoms with Gasteiger partial charge in [0.15, 0.2) is 6.10 Å². The van der Waals surface area contributed by atoms with Gasteiger partial charge in [0.2, 0.25) is 0 Å². The van der Waals surface area contributed by atoms with Crippen LogP contribution >= 0.6 is 0 Å². The molecule has 0 fully saturated rings. The molecular weight excluding hydrogens is 228 g/mol. The number of hydrogen-bond donors (Lipinski definition) is 1. The molecule has 2 rings (SSSR count). The van der Waals surface area contributed by atoms with E-state index >= 15 is 0 Å². The molecule has 0 aliphatic carbocycles. The van der Waals surface area contributed by atoms with Crippen molar-refractivity contribution in [2.75, 3.05) is 0 Å². The van der Waals surface area contributed by atoms with Crippen molar-refractivity contribution in [3.63, 3.8) is 0 Å². The van der Waals surface area contributed by atoms with Crippen LogP contribution < -0.4 is 10.1 Å². The summed E-state index contributed by atoms with van der Waals surface area (Å²) in [5.74, 6) is 0.652. The van der Waals surface area contributed by atoms with E-state index < -0.39 is 6.10 Å². The maximum atomic E-state index is 12.0. The van der Waals surface area contributed by atoms with Gasteiger partial charge in [-0.2, -0.15) is 5.26 Å². The van der Waals surface area contributed by atoms with Gasteiger partial charge in [0.05, 0.1) is 12.5 Å². The van der Waals surface area contributed by atoms with Gasteiger partial charge in [0.25, 0.3) is 5.91 Å². The Labute approximate surface area is 107 Å². The second kappa shape index (κ2) is 5.54. The number of rotatable bonds is 4. The van der Waals surface area contributed by atoms with Crippen molar-refractivity contribution < 1.29 is 9.53 Å². The van der Waals surface area contributed by atoms with E-state index in [9.17, 15) is 4.79 Å². The third-order valence-corrected chi connectivity index (χ3v) is 3.12. The van der Waals surface area contributed by atoms with Gasteiger partial charge in [0.1, 0.15) is 5.75 Å². The number of hydrogen-bond acceptors (Lipinski definition) is 3. The van der Waals surface area contributed by atoms with Crippen LogP contribution in [0.3, 0.4) is 0 Å². The van der Waals surface area contributed by atoms with E-state index in [0.717, 1.165) is 17.7 Å². The third-order valence-electron chi connectivity index (χ3n) is 3.12. The van der Waals surface area contributed by atoms with E-state index in [0.29, 0.717) is 12.8 Å². The van der Waals surface area contributed by atoms with Gasteiger partial charge in [-0.25, -0.2) is 0 Å². The van der Waals surface area contributed by atoms with Crippen LogP contribution in [0, 0.1) is 11.3 Å². The Bertz CT molecular complexity index is 454. The van der Waals surface area contributed by atoms with Crippen LogP contribution in [0.15, 0.2) is 24.3 Å². The maximum Gasteiger partial charge on any atom is 0.261 e. The summed E-state index contributed by atoms with van der Waals surface area (Å²) in [4.78, 5) is 12.0. The number of nitrogens with zero attached hydrogens (tertiary/aromatic N) is 1. The van der Waals surface area contributed by atoms with Crippen molar-refractivity contribution in [3.05, 3.63) is 29.8 Å². The highest BCUT2D eigenvalue weighted by atomic mass is 16.5. The van der Waals surface area contributed by atoms with Crippen molar-refractivity contribution in [3.8, 4) is 11.8 Å². The lowest BCUT2D eigenvalue weighted by atomic mass is 10.1. The quantitative estimate of drug-likeness (QED) is 0.878. The largest absolute Gasteiger partial charge is 0.480 e. The van der Waals surface area contributed by atoms with Gasteiger partial charge in [-0.1, -0.05) is 25.1 Å². The summed E-state index contributed by atoms with van der Waals surface area (Å²) >= 11 is 0. The summed E-state index contributed by atoms with van der Waals surface area (Å²) in [5, 5.41) is 11.5. The van der Waals surface area contributed by atoms with Crippen molar-refractivity contribution in [1.29, 1.82) is 5.26 Å². The van der Waals surface area contributed by atoms with Gasteiger partial charge in [-0.05, 0) is 18.1 Å². The molecule has 0 bridgehead atoms. The topological polar surface area (TPSA) is 62.1 Å². The summed E-state index contributed by atoms with van der Waals surface area (Å²) in [7, 11) is 0. The van der Waals surface area contributed by atoms with Crippen molar-refractivity contribution in [2.24, 2.45) is 0 Å². The molecule has 1 heterocycles. The summed E-state index contributed by atoms with van der Waals surface area (Å²) in [6.07, 6.45) is 1.22. The number of para-hydroxylation sites is 1. The summed E-state index contributed by atoms with van der Waals surface area (Å²) in [6.45, 7) is 1.95. The summed E-state index contributed by atoms with van der Waals surface area (Å²) in [6, 6.07) is 9.66. The molecule has 0 aromatic heterocycles. The molecule has 1 amide bonds. The SMILES string of the molecule is CCC(CC#N)NC(=O)C1Cc2ccccc2O1. The number of nitrogens with one attached hydrogen (secondary N) is 1. The zero-order valence-electron chi connectivity index (χ0n) is 10.3. The summed E-state index contributed by atoms with van der Waals surface area (Å²) < 4.78 is 5.60. The molecular formula is C14H16N2O2. The third kappa shape index (κ3) is 2.62. The average molecular weight is 244 g/mol. The first-order valence-electron chi connectivity index (χ1n) is 6.16. The molecule has 0 radical (unpaired) electrons. The van der Waals surface area contributed by atoms with E-state index in [1.165, 1.54) is 0 Å². The second-order valence-electron chi connectivity index (χ2n) is 4.39. The standard InChI is InChI=1S/C14H16N2O2/c1-2-11(7-8-15)16-14(17)13-9-10-5-3-4-6-12(10)18-13/h3-6,11,13H,2,7,9H2,1H3,(H,16,17). The molecule has 4 heteroatoms. The van der Waals surface area contributed by atoms with E-state index in [1.807, 2.05) is 31.2 Å². The number of ether oxygens (including phenoxy) is 1. The molecule has 18 heavy (non-hydrogen) atoms. The van der Waals surface area contributed by atoms with E-state index in [-0.39, 0.29) is 11.9 Å². The zero-order valence-corrected chi connectivity index (χ0v) is 10.3. The lowest BCUT2D eigenvalue weighted by molar-refractivity contribution is -0.127. The van der Waals surface area contributed by atoms with Gasteiger partial charge >= 0.3 is 0 Å². The number of carbonyl (C=O) groups excluding carboxylic acids is 1. The maximum absolute atomic E-state index is 12.0. The smallest absolute Gasteiger partial charge is 0.261 e. The molecule has 1 aliphatic heterocycles. The molecule has 1 aromatic rings. The summed E-state index contributed by atoms with van der Waals surface area (Å²) in [5.41, 5.74) is 1.06. The monoisotopic (exact) mass is 244 g/mol. The Morgan fingerprint density at radius 3 is 3.06 bits per heavy atom. The number of fused-ring (bicyclic) bond motifs is 1. The minimum atomic E-state index is -0.463. The molecule has 0 saturated carbocycles. The fraction of sp³-hybridized carbons (Fsp3) is 0.429. The molecule has 0 saturated heterocycles. The Hall–Kier alpha value is -2.02. The van der Waals surface area contributed by atoms with E-state index in [1.54, 1.807) is 0 Å². The van der Waals surface area contributed by atoms with Crippen LogP contribution in [0.2, 0.25) is 0 Å². The highest BCUT2D eigenvalue weighted by Gasteiger charge is 2.29. The first-order chi connectivity index (χ1) is 8.74. The van der Waals surface area contributed by atoms with Crippen LogP contribution in [0.4, 0.5) is 0 Å². The fourth-order valence-electron chi connectivity index (χ4n) is 2.03. The Morgan fingerprint density at radius 1 is 1.61 bits per heavy atom. The number of amides is 1. The minimum Gasteiger partial charge on any atom is -0.480 e. The van der Waals surface area contributed by atoms with Crippen LogP contribution in [-0.4, -0.2) is 18.1 Å². The van der Waals surface area contributed by atoms with Crippen molar-refractivity contribution >= 4 is 5.91 Å². The molecule has 4 nitrogen and oxygen atoms in total. The van der Waals surface area contributed by atoms with E-state index in [2.05, 4.69) is 11.4 Å². The molecule has 2 unspecified atom stereocenters. The van der Waals surface area contributed by atoms with Crippen LogP contribution in [0.1, 0.15) is 25.3 Å². The molecule has 94 valence electrons. The molecule has 2 atom stereocenters. The molecule has 1 aromatic carbocycles. The van der Waals surface area contributed by atoms with Gasteiger partial charge in [-0.3, -0.25) is 4.79 Å². The minimum absolute atomic E-state index is 0.0881. The average Bonchev–Trinajstić information content (AvgIpc) is 2.82. The Balaban J connectivity index is 1.95. The second-order valence-corrected chi connectivity index (χ2v) is 4.39. The predicted molar refractivity (Wildman–Crippen MR) is 67.0 cm³/mol. The van der Waals surface area contributed by atoms with Gasteiger partial charge in [0, 0.05) is 12.5 Å². The highest BCUT2D eigenvalue weighted by molar-refractivity contribution is 5.82. The molecule has 1 aliphatic rings. The first kappa shape index (κ1) is 12.4. The first-order valence-corrected chi connectivity index (χ1v) is 6.16. The lowest BCUT2D eigenvalue weighted by Crippen LogP contribution is -2.42. The van der Waals surface area contributed by atoms with E-state index in [4.69, 9.17) is 10.00 Å². The highest BCUT2D eigenvalue weighted by Crippen LogP contribution is 2.28. The van der Waals surface area contributed by atoms with Crippen LogP contribution in [0.5, 0.6) is 5.75 Å². The Kier molecular flexibility index (Phi) is 3.83. The van der Waals surface area contributed by atoms with Gasteiger partial charge < -0.3 is 10.1 Å². The van der Waals surface area contributed by atoms with Crippen LogP contribution in [0.25, 0.3) is 0 Å². The fourth-order valence-corrected chi connectivity index (χ4v) is 2.03. The van der Waals surface area contributed by atoms with Crippen molar-refractivity contribution in [1.82, 2.24) is 5.32 Å². The normalized spacial score (nSPS) is 18.3. The number of carbonyl (C=O) groups is 1. The molecule has 1 N–H and O–H groups in total. The van der Waals surface area contributed by atoms with Crippen LogP contribution in [-0.2, 0) is 11.2 Å². The number of benzene rings is 1. The Morgan fingerprint density at radius 2 is 2.39 bits per heavy atom. The molecule has 0 spiro atoms. The van der Waals surface area contributed by atoms with Crippen molar-refractivity contribution in [2.45, 2.75) is 38.3 Å². The van der Waals surface area contributed by atoms with Gasteiger partial charge in [-0.15, -0.1) is 0 Å².